The van der Waals surface area contributed by atoms with Gasteiger partial charge in [0.25, 0.3) is 0 Å². The van der Waals surface area contributed by atoms with E-state index in [4.69, 9.17) is 23.2 Å². The van der Waals surface area contributed by atoms with Crippen LogP contribution >= 0.6 is 23.2 Å². The number of hydrogen-bond acceptors (Lipinski definition) is 2. The molecule has 0 radical (unpaired) electrons. The second-order valence-electron chi connectivity index (χ2n) is 5.81. The second kappa shape index (κ2) is 9.70. The Morgan fingerprint density at radius 3 is 2.54 bits per heavy atom. The molecule has 1 fully saturated rings. The highest BCUT2D eigenvalue weighted by atomic mass is 35.5. The van der Waals surface area contributed by atoms with Gasteiger partial charge in [0, 0.05) is 32.1 Å². The van der Waals surface area contributed by atoms with Crippen molar-refractivity contribution in [3.63, 3.8) is 0 Å². The SMILES string of the molecule is O=C(/C=C/c1cccc(Cl)c1Cl)NCCC(=O)N1CCCCCC1. The maximum Gasteiger partial charge on any atom is 0.244 e. The number of likely N-dealkylation sites (tertiary alicyclic amines) is 1. The lowest BCUT2D eigenvalue weighted by atomic mass is 10.2. The summed E-state index contributed by atoms with van der Waals surface area (Å²) >= 11 is 12.0. The molecular weight excluding hydrogens is 347 g/mol. The monoisotopic (exact) mass is 368 g/mol. The van der Waals surface area contributed by atoms with Crippen molar-refractivity contribution in [2.45, 2.75) is 32.1 Å². The number of benzene rings is 1. The lowest BCUT2D eigenvalue weighted by Gasteiger charge is -2.20. The predicted molar refractivity (Wildman–Crippen MR) is 98.2 cm³/mol. The minimum Gasteiger partial charge on any atom is -0.352 e. The largest absolute Gasteiger partial charge is 0.352 e. The first-order valence-electron chi connectivity index (χ1n) is 8.25. The van der Waals surface area contributed by atoms with E-state index in [1.54, 1.807) is 24.3 Å². The smallest absolute Gasteiger partial charge is 0.244 e. The van der Waals surface area contributed by atoms with E-state index in [9.17, 15) is 9.59 Å². The van der Waals surface area contributed by atoms with Gasteiger partial charge in [0.05, 0.1) is 10.0 Å². The zero-order chi connectivity index (χ0) is 17.4. The molecule has 0 atom stereocenters. The Balaban J connectivity index is 1.75. The fourth-order valence-electron chi connectivity index (χ4n) is 2.64. The lowest BCUT2D eigenvalue weighted by Crippen LogP contribution is -2.34. The molecule has 0 aromatic heterocycles. The van der Waals surface area contributed by atoms with Crippen molar-refractivity contribution in [3.8, 4) is 0 Å². The Kier molecular flexibility index (Phi) is 7.60. The van der Waals surface area contributed by atoms with Crippen LogP contribution in [0.5, 0.6) is 0 Å². The third-order valence-corrected chi connectivity index (χ3v) is 4.83. The molecule has 1 saturated heterocycles. The van der Waals surface area contributed by atoms with E-state index < -0.39 is 0 Å². The topological polar surface area (TPSA) is 49.4 Å². The Bertz CT molecular complexity index is 609. The van der Waals surface area contributed by atoms with Crippen LogP contribution in [0.1, 0.15) is 37.7 Å². The number of carbonyl (C=O) groups excluding carboxylic acids is 2. The summed E-state index contributed by atoms with van der Waals surface area (Å²) in [7, 11) is 0. The van der Waals surface area contributed by atoms with Crippen LogP contribution in [0, 0.1) is 0 Å². The third-order valence-electron chi connectivity index (χ3n) is 3.99. The van der Waals surface area contributed by atoms with Gasteiger partial charge < -0.3 is 10.2 Å². The van der Waals surface area contributed by atoms with E-state index in [-0.39, 0.29) is 11.8 Å². The van der Waals surface area contributed by atoms with Crippen LogP contribution < -0.4 is 5.32 Å². The number of amides is 2. The van der Waals surface area contributed by atoms with Crippen LogP contribution in [-0.4, -0.2) is 36.3 Å². The molecule has 1 N–H and O–H groups in total. The van der Waals surface area contributed by atoms with Crippen LogP contribution in [0.2, 0.25) is 10.0 Å². The fourth-order valence-corrected chi connectivity index (χ4v) is 3.02. The molecule has 0 spiro atoms. The van der Waals surface area contributed by atoms with E-state index in [2.05, 4.69) is 5.32 Å². The molecule has 1 heterocycles. The van der Waals surface area contributed by atoms with Crippen LogP contribution in [0.25, 0.3) is 6.08 Å². The van der Waals surface area contributed by atoms with E-state index in [0.717, 1.165) is 25.9 Å². The number of carbonyl (C=O) groups is 2. The maximum atomic E-state index is 12.1. The molecule has 2 rings (SSSR count). The van der Waals surface area contributed by atoms with Gasteiger partial charge >= 0.3 is 0 Å². The molecule has 1 aromatic carbocycles. The van der Waals surface area contributed by atoms with Gasteiger partial charge in [-0.1, -0.05) is 48.2 Å². The van der Waals surface area contributed by atoms with Crippen molar-refractivity contribution in [1.82, 2.24) is 10.2 Å². The summed E-state index contributed by atoms with van der Waals surface area (Å²) in [5, 5.41) is 3.59. The normalized spacial score (nSPS) is 15.3. The summed E-state index contributed by atoms with van der Waals surface area (Å²) in [6.45, 7) is 2.00. The van der Waals surface area contributed by atoms with E-state index in [1.165, 1.54) is 18.9 Å². The minimum atomic E-state index is -0.255. The Hall–Kier alpha value is -1.52. The Labute approximate surface area is 152 Å². The van der Waals surface area contributed by atoms with Gasteiger partial charge in [-0.2, -0.15) is 0 Å². The van der Waals surface area contributed by atoms with Gasteiger partial charge in [-0.15, -0.1) is 0 Å². The van der Waals surface area contributed by atoms with Crippen molar-refractivity contribution >= 4 is 41.1 Å². The summed E-state index contributed by atoms with van der Waals surface area (Å²) < 4.78 is 0. The molecule has 2 amide bonds. The Morgan fingerprint density at radius 1 is 1.12 bits per heavy atom. The number of halogens is 2. The average molecular weight is 369 g/mol. The van der Waals surface area contributed by atoms with Crippen LogP contribution in [-0.2, 0) is 9.59 Å². The number of hydrogen-bond donors (Lipinski definition) is 1. The quantitative estimate of drug-likeness (QED) is 0.800. The molecule has 0 unspecified atom stereocenters. The van der Waals surface area contributed by atoms with Crippen LogP contribution in [0.15, 0.2) is 24.3 Å². The van der Waals surface area contributed by atoms with E-state index >= 15 is 0 Å². The summed E-state index contributed by atoms with van der Waals surface area (Å²) in [6, 6.07) is 5.24. The zero-order valence-corrected chi connectivity index (χ0v) is 15.1. The van der Waals surface area contributed by atoms with Crippen LogP contribution in [0.4, 0.5) is 0 Å². The van der Waals surface area contributed by atoms with Gasteiger partial charge in [-0.3, -0.25) is 9.59 Å². The average Bonchev–Trinajstić information content (AvgIpc) is 2.85. The molecule has 1 aliphatic heterocycles. The fraction of sp³-hybridized carbons (Fsp3) is 0.444. The summed E-state index contributed by atoms with van der Waals surface area (Å²) in [5.74, 6) is -0.145. The molecule has 24 heavy (non-hydrogen) atoms. The highest BCUT2D eigenvalue weighted by Gasteiger charge is 2.14. The first kappa shape index (κ1) is 18.8. The summed E-state index contributed by atoms with van der Waals surface area (Å²) in [5.41, 5.74) is 0.681. The minimum absolute atomic E-state index is 0.110. The number of rotatable bonds is 5. The van der Waals surface area contributed by atoms with Gasteiger partial charge in [0.2, 0.25) is 11.8 Å². The molecule has 4 nitrogen and oxygen atoms in total. The lowest BCUT2D eigenvalue weighted by molar-refractivity contribution is -0.131. The maximum absolute atomic E-state index is 12.1. The van der Waals surface area contributed by atoms with E-state index in [0.29, 0.717) is 28.6 Å². The van der Waals surface area contributed by atoms with Crippen LogP contribution in [0.3, 0.4) is 0 Å². The Morgan fingerprint density at radius 2 is 1.83 bits per heavy atom. The number of nitrogens with one attached hydrogen (secondary N) is 1. The van der Waals surface area contributed by atoms with Crippen molar-refractivity contribution in [3.05, 3.63) is 39.9 Å². The zero-order valence-electron chi connectivity index (χ0n) is 13.6. The molecule has 0 saturated carbocycles. The molecule has 0 bridgehead atoms. The summed E-state index contributed by atoms with van der Waals surface area (Å²) in [4.78, 5) is 25.8. The van der Waals surface area contributed by atoms with E-state index in [1.807, 2.05) is 4.90 Å². The first-order valence-corrected chi connectivity index (χ1v) is 9.01. The second-order valence-corrected chi connectivity index (χ2v) is 6.60. The van der Waals surface area contributed by atoms with Gasteiger partial charge in [-0.25, -0.2) is 0 Å². The third kappa shape index (κ3) is 5.84. The standard InChI is InChI=1S/C18H22Cl2N2O2/c19-15-7-5-6-14(18(15)20)8-9-16(23)21-11-10-17(24)22-12-3-1-2-4-13-22/h5-9H,1-4,10-13H2,(H,21,23)/b9-8+. The molecule has 130 valence electrons. The predicted octanol–water partition coefficient (Wildman–Crippen LogP) is 3.92. The highest BCUT2D eigenvalue weighted by Crippen LogP contribution is 2.26. The molecular formula is C18H22Cl2N2O2. The van der Waals surface area contributed by atoms with Gasteiger partial charge in [-0.05, 0) is 30.5 Å². The summed E-state index contributed by atoms with van der Waals surface area (Å²) in [6.07, 6.45) is 7.86. The highest BCUT2D eigenvalue weighted by molar-refractivity contribution is 6.42. The van der Waals surface area contributed by atoms with Gasteiger partial charge in [0.1, 0.15) is 0 Å². The first-order chi connectivity index (χ1) is 11.6. The molecule has 6 heteroatoms. The van der Waals surface area contributed by atoms with Crippen molar-refractivity contribution < 1.29 is 9.59 Å². The van der Waals surface area contributed by atoms with Crippen molar-refractivity contribution in [1.29, 1.82) is 0 Å². The number of nitrogens with zero attached hydrogens (tertiary/aromatic N) is 1. The molecule has 0 aliphatic carbocycles. The van der Waals surface area contributed by atoms with Gasteiger partial charge in [0.15, 0.2) is 0 Å². The van der Waals surface area contributed by atoms with Crippen molar-refractivity contribution in [2.24, 2.45) is 0 Å². The molecule has 1 aliphatic rings. The van der Waals surface area contributed by atoms with Crippen molar-refractivity contribution in [2.75, 3.05) is 19.6 Å². The molecule has 1 aromatic rings.